The van der Waals surface area contributed by atoms with Gasteiger partial charge in [-0.2, -0.15) is 5.26 Å². The number of rotatable bonds is 4. The summed E-state index contributed by atoms with van der Waals surface area (Å²) >= 11 is 0. The first-order valence-electron chi connectivity index (χ1n) is 8.55. The van der Waals surface area contributed by atoms with Gasteiger partial charge in [-0.05, 0) is 24.1 Å². The summed E-state index contributed by atoms with van der Waals surface area (Å²) in [5.41, 5.74) is 3.46. The van der Waals surface area contributed by atoms with E-state index >= 15 is 0 Å². The minimum atomic E-state index is 0.122. The molecule has 2 heterocycles. The number of nitrogens with one attached hydrogen (secondary N) is 1. The minimum absolute atomic E-state index is 0.122. The van der Waals surface area contributed by atoms with E-state index in [4.69, 9.17) is 4.74 Å². The van der Waals surface area contributed by atoms with Gasteiger partial charge < -0.3 is 10.1 Å². The minimum Gasteiger partial charge on any atom is -0.384 e. The second-order valence-electron chi connectivity index (χ2n) is 6.32. The largest absolute Gasteiger partial charge is 0.384 e. The van der Waals surface area contributed by atoms with E-state index in [0.29, 0.717) is 11.6 Å². The molecule has 4 rings (SSSR count). The van der Waals surface area contributed by atoms with Gasteiger partial charge in [0, 0.05) is 30.1 Å². The zero-order valence-corrected chi connectivity index (χ0v) is 13.9. The number of anilines is 1. The summed E-state index contributed by atoms with van der Waals surface area (Å²) in [5, 5.41) is 13.8. The number of aromatic nitrogens is 1. The lowest BCUT2D eigenvalue weighted by atomic mass is 9.95. The molecule has 1 N–H and O–H groups in total. The molecule has 1 aromatic heterocycles. The van der Waals surface area contributed by atoms with Crippen molar-refractivity contribution in [3.05, 3.63) is 71.9 Å². The van der Waals surface area contributed by atoms with Gasteiger partial charge in [-0.15, -0.1) is 0 Å². The van der Waals surface area contributed by atoms with Crippen molar-refractivity contribution >= 4 is 16.6 Å². The highest BCUT2D eigenvalue weighted by atomic mass is 16.5. The highest BCUT2D eigenvalue weighted by Gasteiger charge is 2.29. The maximum atomic E-state index is 9.23. The van der Waals surface area contributed by atoms with Crippen LogP contribution in [0.2, 0.25) is 0 Å². The lowest BCUT2D eigenvalue weighted by molar-refractivity contribution is 0.0933. The fourth-order valence-electron chi connectivity index (χ4n) is 3.47. The zero-order chi connectivity index (χ0) is 17.1. The van der Waals surface area contributed by atoms with Crippen LogP contribution >= 0.6 is 0 Å². The molecule has 1 fully saturated rings. The van der Waals surface area contributed by atoms with Crippen molar-refractivity contribution in [2.45, 2.75) is 12.5 Å². The molecule has 1 aliphatic heterocycles. The molecule has 2 unspecified atom stereocenters. The number of benzene rings is 2. The molecular weight excluding hydrogens is 310 g/mol. The summed E-state index contributed by atoms with van der Waals surface area (Å²) in [6, 6.07) is 22.3. The van der Waals surface area contributed by atoms with Crippen molar-refractivity contribution in [2.75, 3.05) is 18.5 Å². The van der Waals surface area contributed by atoms with E-state index < -0.39 is 0 Å². The smallest absolute Gasteiger partial charge is 0.143 e. The Hall–Kier alpha value is -2.90. The number of fused-ring (bicyclic) bond motifs is 1. The Morgan fingerprint density at radius 2 is 1.92 bits per heavy atom. The SMILES string of the molecule is N#Cc1cc(NCC2CCOC2c2ccccc2)c2ccccc2n1. The first-order valence-corrected chi connectivity index (χ1v) is 8.55. The van der Waals surface area contributed by atoms with Crippen LogP contribution in [-0.4, -0.2) is 18.1 Å². The summed E-state index contributed by atoms with van der Waals surface area (Å²) in [7, 11) is 0. The third kappa shape index (κ3) is 3.19. The molecule has 0 saturated carbocycles. The number of hydrogen-bond acceptors (Lipinski definition) is 4. The van der Waals surface area contributed by atoms with Crippen molar-refractivity contribution < 1.29 is 4.74 Å². The van der Waals surface area contributed by atoms with Gasteiger partial charge in [-0.25, -0.2) is 4.98 Å². The number of nitrogens with zero attached hydrogens (tertiary/aromatic N) is 2. The van der Waals surface area contributed by atoms with E-state index in [-0.39, 0.29) is 6.10 Å². The van der Waals surface area contributed by atoms with Crippen molar-refractivity contribution in [1.82, 2.24) is 4.98 Å². The van der Waals surface area contributed by atoms with Gasteiger partial charge >= 0.3 is 0 Å². The standard InChI is InChI=1S/C21H19N3O/c22-13-17-12-20(18-8-4-5-9-19(18)24-17)23-14-16-10-11-25-21(16)15-6-2-1-3-7-15/h1-9,12,16,21H,10-11,14H2,(H,23,24). The van der Waals surface area contributed by atoms with Crippen LogP contribution in [0.3, 0.4) is 0 Å². The van der Waals surface area contributed by atoms with Gasteiger partial charge in [-0.3, -0.25) is 0 Å². The molecule has 2 atom stereocenters. The number of hydrogen-bond donors (Lipinski definition) is 1. The van der Waals surface area contributed by atoms with Crippen molar-refractivity contribution in [3.8, 4) is 6.07 Å². The molecule has 3 aromatic rings. The number of nitriles is 1. The molecule has 0 amide bonds. The fourth-order valence-corrected chi connectivity index (χ4v) is 3.47. The summed E-state index contributed by atoms with van der Waals surface area (Å²) in [6.45, 7) is 1.59. The molecule has 0 spiro atoms. The first kappa shape index (κ1) is 15.6. The molecule has 4 heteroatoms. The second kappa shape index (κ2) is 6.92. The van der Waals surface area contributed by atoms with E-state index in [1.54, 1.807) is 0 Å². The van der Waals surface area contributed by atoms with Crippen LogP contribution in [0.1, 0.15) is 23.8 Å². The Labute approximate surface area is 147 Å². The monoisotopic (exact) mass is 329 g/mol. The van der Waals surface area contributed by atoms with E-state index in [0.717, 1.165) is 36.2 Å². The molecule has 0 aliphatic carbocycles. The zero-order valence-electron chi connectivity index (χ0n) is 13.9. The van der Waals surface area contributed by atoms with E-state index in [2.05, 4.69) is 40.6 Å². The van der Waals surface area contributed by atoms with Crippen LogP contribution in [-0.2, 0) is 4.74 Å². The number of pyridine rings is 1. The topological polar surface area (TPSA) is 57.9 Å². The van der Waals surface area contributed by atoms with Gasteiger partial charge in [-0.1, -0.05) is 48.5 Å². The van der Waals surface area contributed by atoms with Gasteiger partial charge in [0.2, 0.25) is 0 Å². The average Bonchev–Trinajstić information content (AvgIpc) is 3.15. The summed E-state index contributed by atoms with van der Waals surface area (Å²) < 4.78 is 5.97. The van der Waals surface area contributed by atoms with E-state index in [1.807, 2.05) is 36.4 Å². The van der Waals surface area contributed by atoms with Crippen LogP contribution in [0.15, 0.2) is 60.7 Å². The molecular formula is C21H19N3O. The number of para-hydroxylation sites is 1. The third-order valence-corrected chi connectivity index (χ3v) is 4.73. The number of ether oxygens (including phenoxy) is 1. The highest BCUT2D eigenvalue weighted by Crippen LogP contribution is 2.35. The summed E-state index contributed by atoms with van der Waals surface area (Å²) in [4.78, 5) is 4.37. The highest BCUT2D eigenvalue weighted by molar-refractivity contribution is 5.91. The average molecular weight is 329 g/mol. The van der Waals surface area contributed by atoms with Crippen molar-refractivity contribution in [3.63, 3.8) is 0 Å². The molecule has 1 saturated heterocycles. The third-order valence-electron chi connectivity index (χ3n) is 4.73. The Kier molecular flexibility index (Phi) is 4.32. The Morgan fingerprint density at radius 3 is 2.76 bits per heavy atom. The molecule has 4 nitrogen and oxygen atoms in total. The quantitative estimate of drug-likeness (QED) is 0.775. The Morgan fingerprint density at radius 1 is 1.12 bits per heavy atom. The van der Waals surface area contributed by atoms with E-state index in [9.17, 15) is 5.26 Å². The summed E-state index contributed by atoms with van der Waals surface area (Å²) in [6.07, 6.45) is 1.15. The van der Waals surface area contributed by atoms with Crippen molar-refractivity contribution in [1.29, 1.82) is 5.26 Å². The molecule has 2 aromatic carbocycles. The first-order chi connectivity index (χ1) is 12.3. The second-order valence-corrected chi connectivity index (χ2v) is 6.32. The van der Waals surface area contributed by atoms with Crippen molar-refractivity contribution in [2.24, 2.45) is 5.92 Å². The predicted molar refractivity (Wildman–Crippen MR) is 98.2 cm³/mol. The van der Waals surface area contributed by atoms with Gasteiger partial charge in [0.15, 0.2) is 0 Å². The maximum Gasteiger partial charge on any atom is 0.143 e. The molecule has 0 bridgehead atoms. The lowest BCUT2D eigenvalue weighted by Gasteiger charge is -2.20. The molecule has 25 heavy (non-hydrogen) atoms. The summed E-state index contributed by atoms with van der Waals surface area (Å²) in [5.74, 6) is 0.403. The normalized spacial score (nSPS) is 19.6. The molecule has 1 aliphatic rings. The van der Waals surface area contributed by atoms with E-state index in [1.165, 1.54) is 5.56 Å². The van der Waals surface area contributed by atoms with Gasteiger partial charge in [0.1, 0.15) is 11.8 Å². The Bertz CT molecular complexity index is 917. The van der Waals surface area contributed by atoms with Crippen LogP contribution < -0.4 is 5.32 Å². The van der Waals surface area contributed by atoms with Crippen LogP contribution in [0, 0.1) is 17.2 Å². The van der Waals surface area contributed by atoms with Crippen LogP contribution in [0.4, 0.5) is 5.69 Å². The van der Waals surface area contributed by atoms with Gasteiger partial charge in [0.25, 0.3) is 0 Å². The maximum absolute atomic E-state index is 9.23. The van der Waals surface area contributed by atoms with Crippen LogP contribution in [0.5, 0.6) is 0 Å². The van der Waals surface area contributed by atoms with Gasteiger partial charge in [0.05, 0.1) is 11.6 Å². The molecule has 124 valence electrons. The Balaban J connectivity index is 1.57. The predicted octanol–water partition coefficient (Wildman–Crippen LogP) is 4.30. The lowest BCUT2D eigenvalue weighted by Crippen LogP contribution is -2.18. The fraction of sp³-hybridized carbons (Fsp3) is 0.238. The van der Waals surface area contributed by atoms with Crippen LogP contribution in [0.25, 0.3) is 10.9 Å². The molecule has 0 radical (unpaired) electrons.